The molecule has 2 aromatic rings. The van der Waals surface area contributed by atoms with E-state index in [1.807, 2.05) is 35.2 Å². The molecule has 2 fully saturated rings. The summed E-state index contributed by atoms with van der Waals surface area (Å²) in [7, 11) is 0. The van der Waals surface area contributed by atoms with E-state index in [-0.39, 0.29) is 36.0 Å². The van der Waals surface area contributed by atoms with E-state index in [9.17, 15) is 24.0 Å². The molecule has 3 aliphatic rings. The third kappa shape index (κ3) is 5.39. The van der Waals surface area contributed by atoms with Crippen LogP contribution >= 0.6 is 0 Å². The monoisotopic (exact) mass is 518 g/mol. The van der Waals surface area contributed by atoms with Crippen LogP contribution in [0.2, 0.25) is 0 Å². The first-order valence-electron chi connectivity index (χ1n) is 13.0. The van der Waals surface area contributed by atoms with E-state index in [1.54, 1.807) is 18.2 Å². The lowest BCUT2D eigenvalue weighted by molar-refractivity contribution is -0.140. The van der Waals surface area contributed by atoms with Gasteiger partial charge in [-0.2, -0.15) is 0 Å². The molecule has 5 rings (SSSR count). The normalized spacial score (nSPS) is 19.2. The van der Waals surface area contributed by atoms with Crippen molar-refractivity contribution in [1.82, 2.24) is 15.1 Å². The highest BCUT2D eigenvalue weighted by atomic mass is 16.5. The highest BCUT2D eigenvalue weighted by Crippen LogP contribution is 2.29. The van der Waals surface area contributed by atoms with Gasteiger partial charge in [0.2, 0.25) is 17.7 Å². The summed E-state index contributed by atoms with van der Waals surface area (Å²) in [5, 5.41) is 5.46. The maximum atomic E-state index is 12.9. The molecule has 10 heteroatoms. The molecule has 3 heterocycles. The predicted molar refractivity (Wildman–Crippen MR) is 138 cm³/mol. The van der Waals surface area contributed by atoms with Gasteiger partial charge in [-0.15, -0.1) is 0 Å². The maximum absolute atomic E-state index is 12.9. The minimum atomic E-state index is -0.974. The minimum Gasteiger partial charge on any atom is -0.487 e. The van der Waals surface area contributed by atoms with Gasteiger partial charge in [0.05, 0.1) is 24.2 Å². The van der Waals surface area contributed by atoms with Crippen LogP contribution in [-0.2, 0) is 14.4 Å². The molecule has 0 saturated carbocycles. The summed E-state index contributed by atoms with van der Waals surface area (Å²) >= 11 is 0. The summed E-state index contributed by atoms with van der Waals surface area (Å²) < 4.78 is 5.84. The van der Waals surface area contributed by atoms with Crippen LogP contribution in [0.25, 0.3) is 0 Å². The predicted octanol–water partition coefficient (Wildman–Crippen LogP) is 2.35. The van der Waals surface area contributed by atoms with Crippen LogP contribution in [0.15, 0.2) is 48.5 Å². The minimum absolute atomic E-state index is 0.0520. The van der Waals surface area contributed by atoms with Gasteiger partial charge < -0.3 is 15.0 Å². The fourth-order valence-electron chi connectivity index (χ4n) is 4.96. The molecule has 0 aromatic heterocycles. The van der Waals surface area contributed by atoms with Crippen LogP contribution in [0.1, 0.15) is 59.2 Å². The number of benzene rings is 2. The lowest BCUT2D eigenvalue weighted by Gasteiger charge is -2.39. The number of nitrogens with one attached hydrogen (secondary N) is 2. The second-order valence-corrected chi connectivity index (χ2v) is 9.80. The fraction of sp³-hybridized carbons (Fsp3) is 0.393. The number of nitrogens with zero attached hydrogens (tertiary/aromatic N) is 2. The van der Waals surface area contributed by atoms with Gasteiger partial charge in [-0.1, -0.05) is 24.6 Å². The fourth-order valence-corrected chi connectivity index (χ4v) is 4.96. The quantitative estimate of drug-likeness (QED) is 0.365. The van der Waals surface area contributed by atoms with Crippen molar-refractivity contribution in [1.29, 1.82) is 0 Å². The number of ether oxygens (including phenoxy) is 1. The first-order chi connectivity index (χ1) is 18.4. The van der Waals surface area contributed by atoms with Crippen molar-refractivity contribution in [2.24, 2.45) is 0 Å². The molecule has 3 aliphatic heterocycles. The van der Waals surface area contributed by atoms with Crippen molar-refractivity contribution in [3.05, 3.63) is 59.7 Å². The molecule has 2 saturated heterocycles. The molecule has 0 spiro atoms. The molecule has 1 unspecified atom stereocenters. The van der Waals surface area contributed by atoms with Crippen molar-refractivity contribution in [3.8, 4) is 5.75 Å². The van der Waals surface area contributed by atoms with Gasteiger partial charge in [0, 0.05) is 25.1 Å². The number of amides is 5. The summed E-state index contributed by atoms with van der Waals surface area (Å²) in [6.45, 7) is 1.90. The van der Waals surface area contributed by atoms with Crippen molar-refractivity contribution < 1.29 is 28.7 Å². The SMILES string of the molecule is O=C1CCC(N2C(=O)c3ccc(NCCCCCC(=O)N4CC(Oc5ccccc5)C4)cc3C2=O)C(=O)N1. The van der Waals surface area contributed by atoms with Gasteiger partial charge in [0.25, 0.3) is 11.8 Å². The van der Waals surface area contributed by atoms with Crippen LogP contribution in [0, 0.1) is 0 Å². The van der Waals surface area contributed by atoms with Crippen LogP contribution in [0.5, 0.6) is 5.75 Å². The maximum Gasteiger partial charge on any atom is 0.262 e. The van der Waals surface area contributed by atoms with Crippen molar-refractivity contribution in [2.75, 3.05) is 25.0 Å². The lowest BCUT2D eigenvalue weighted by atomic mass is 10.0. The first-order valence-corrected chi connectivity index (χ1v) is 13.0. The van der Waals surface area contributed by atoms with Crippen molar-refractivity contribution in [2.45, 2.75) is 50.7 Å². The highest BCUT2D eigenvalue weighted by Gasteiger charge is 2.44. The lowest BCUT2D eigenvalue weighted by Crippen LogP contribution is -2.56. The zero-order valence-electron chi connectivity index (χ0n) is 21.0. The van der Waals surface area contributed by atoms with E-state index in [4.69, 9.17) is 4.74 Å². The zero-order valence-corrected chi connectivity index (χ0v) is 21.0. The molecule has 1 atom stereocenters. The molecular formula is C28H30N4O6. The summed E-state index contributed by atoms with van der Waals surface area (Å²) in [6.07, 6.45) is 3.29. The van der Waals surface area contributed by atoms with Gasteiger partial charge in [0.15, 0.2) is 0 Å². The molecular weight excluding hydrogens is 488 g/mol. The molecule has 0 bridgehead atoms. The average molecular weight is 519 g/mol. The van der Waals surface area contributed by atoms with E-state index in [0.29, 0.717) is 31.7 Å². The number of hydrogen-bond acceptors (Lipinski definition) is 7. The van der Waals surface area contributed by atoms with Crippen LogP contribution in [-0.4, -0.2) is 71.1 Å². The molecule has 10 nitrogen and oxygen atoms in total. The Kier molecular flexibility index (Phi) is 7.39. The second-order valence-electron chi connectivity index (χ2n) is 9.80. The third-order valence-electron chi connectivity index (χ3n) is 7.08. The van der Waals surface area contributed by atoms with Crippen LogP contribution in [0.4, 0.5) is 5.69 Å². The average Bonchev–Trinajstić information content (AvgIpc) is 3.13. The molecule has 0 aliphatic carbocycles. The van der Waals surface area contributed by atoms with Crippen LogP contribution < -0.4 is 15.4 Å². The Bertz CT molecular complexity index is 1260. The molecule has 38 heavy (non-hydrogen) atoms. The first kappa shape index (κ1) is 25.4. The van der Waals surface area contributed by atoms with E-state index < -0.39 is 29.7 Å². The standard InChI is InChI=1S/C28H30N4O6/c33-24-13-12-23(26(35)30-24)32-27(36)21-11-10-18(15-22(21)28(32)37)29-14-6-2-5-9-25(34)31-16-20(17-31)38-19-7-3-1-4-8-19/h1,3-4,7-8,10-11,15,20,23,29H,2,5-6,9,12-14,16-17H2,(H,30,33,35). The number of likely N-dealkylation sites (tertiary alicyclic amines) is 1. The largest absolute Gasteiger partial charge is 0.487 e. The Morgan fingerprint density at radius 3 is 2.47 bits per heavy atom. The Morgan fingerprint density at radius 1 is 0.947 bits per heavy atom. The van der Waals surface area contributed by atoms with Crippen molar-refractivity contribution >= 4 is 35.2 Å². The number of imide groups is 2. The van der Waals surface area contributed by atoms with Gasteiger partial charge >= 0.3 is 0 Å². The number of hydrogen-bond donors (Lipinski definition) is 2. The highest BCUT2D eigenvalue weighted by molar-refractivity contribution is 6.23. The van der Waals surface area contributed by atoms with E-state index in [1.165, 1.54) is 0 Å². The number of fused-ring (bicyclic) bond motifs is 1. The molecule has 0 radical (unpaired) electrons. The van der Waals surface area contributed by atoms with Crippen LogP contribution in [0.3, 0.4) is 0 Å². The molecule has 5 amide bonds. The van der Waals surface area contributed by atoms with Gasteiger partial charge in [-0.3, -0.25) is 34.2 Å². The Morgan fingerprint density at radius 2 is 1.71 bits per heavy atom. The van der Waals surface area contributed by atoms with E-state index >= 15 is 0 Å². The molecule has 2 aromatic carbocycles. The van der Waals surface area contributed by atoms with E-state index in [2.05, 4.69) is 10.6 Å². The van der Waals surface area contributed by atoms with Gasteiger partial charge in [0.1, 0.15) is 17.9 Å². The molecule has 2 N–H and O–H groups in total. The van der Waals surface area contributed by atoms with E-state index in [0.717, 1.165) is 29.9 Å². The third-order valence-corrected chi connectivity index (χ3v) is 7.08. The number of unbranched alkanes of at least 4 members (excludes halogenated alkanes) is 2. The number of carbonyl (C=O) groups is 5. The summed E-state index contributed by atoms with van der Waals surface area (Å²) in [6, 6.07) is 13.6. The second kappa shape index (κ2) is 11.0. The Balaban J connectivity index is 1.01. The Labute approximate surface area is 220 Å². The van der Waals surface area contributed by atoms with Gasteiger partial charge in [-0.05, 0) is 49.6 Å². The summed E-state index contributed by atoms with van der Waals surface area (Å²) in [4.78, 5) is 64.5. The Hall–Kier alpha value is -4.21. The number of rotatable bonds is 10. The smallest absolute Gasteiger partial charge is 0.262 e. The van der Waals surface area contributed by atoms with Crippen molar-refractivity contribution in [3.63, 3.8) is 0 Å². The van der Waals surface area contributed by atoms with Gasteiger partial charge in [-0.25, -0.2) is 0 Å². The topological polar surface area (TPSA) is 125 Å². The zero-order chi connectivity index (χ0) is 26.6. The number of carbonyl (C=O) groups excluding carboxylic acids is 5. The number of anilines is 1. The molecule has 198 valence electrons. The summed E-state index contributed by atoms with van der Waals surface area (Å²) in [5.41, 5.74) is 1.21. The number of para-hydroxylation sites is 1. The number of piperidine rings is 1. The summed E-state index contributed by atoms with van der Waals surface area (Å²) in [5.74, 6) is -1.10.